The largest absolute Gasteiger partial charge is 0.399 e. The summed E-state index contributed by atoms with van der Waals surface area (Å²) in [5.41, 5.74) is 7.08. The standard InChI is InChI=1S/C14H12BrNO3S/c1-20(18,19)11-5-2-9(3-6-11)14(17)12-7-4-10(16)8-13(12)15/h2-8H,16H2,1H3. The molecule has 0 aliphatic rings. The van der Waals surface area contributed by atoms with Gasteiger partial charge in [-0.2, -0.15) is 0 Å². The first-order valence-electron chi connectivity index (χ1n) is 5.69. The first-order chi connectivity index (χ1) is 9.29. The summed E-state index contributed by atoms with van der Waals surface area (Å²) >= 11 is 3.29. The van der Waals surface area contributed by atoms with Crippen LogP contribution in [0.1, 0.15) is 15.9 Å². The van der Waals surface area contributed by atoms with Gasteiger partial charge in [-0.3, -0.25) is 4.79 Å². The van der Waals surface area contributed by atoms with Crippen LogP contribution in [0.2, 0.25) is 0 Å². The zero-order valence-corrected chi connectivity index (χ0v) is 13.0. The van der Waals surface area contributed by atoms with Crippen molar-refractivity contribution in [2.75, 3.05) is 12.0 Å². The molecule has 0 aromatic heterocycles. The lowest BCUT2D eigenvalue weighted by molar-refractivity contribution is 0.103. The van der Waals surface area contributed by atoms with E-state index in [4.69, 9.17) is 5.73 Å². The molecule has 0 fully saturated rings. The average molecular weight is 354 g/mol. The van der Waals surface area contributed by atoms with E-state index in [-0.39, 0.29) is 10.7 Å². The molecular formula is C14H12BrNO3S. The molecule has 2 aromatic carbocycles. The Morgan fingerprint density at radius 1 is 1.10 bits per heavy atom. The van der Waals surface area contributed by atoms with E-state index in [1.54, 1.807) is 18.2 Å². The van der Waals surface area contributed by atoms with Crippen LogP contribution < -0.4 is 5.73 Å². The highest BCUT2D eigenvalue weighted by Crippen LogP contribution is 2.23. The Balaban J connectivity index is 2.39. The van der Waals surface area contributed by atoms with Gasteiger partial charge < -0.3 is 5.73 Å². The molecule has 0 aliphatic carbocycles. The topological polar surface area (TPSA) is 77.2 Å². The summed E-state index contributed by atoms with van der Waals surface area (Å²) in [5.74, 6) is -0.197. The molecule has 0 radical (unpaired) electrons. The van der Waals surface area contributed by atoms with Crippen LogP contribution >= 0.6 is 15.9 Å². The van der Waals surface area contributed by atoms with E-state index in [1.807, 2.05) is 0 Å². The molecule has 0 saturated carbocycles. The summed E-state index contributed by atoms with van der Waals surface area (Å²) in [7, 11) is -3.26. The summed E-state index contributed by atoms with van der Waals surface area (Å²) in [6, 6.07) is 10.8. The van der Waals surface area contributed by atoms with E-state index in [2.05, 4.69) is 15.9 Å². The molecule has 2 rings (SSSR count). The number of nitrogen functional groups attached to an aromatic ring is 1. The molecule has 6 heteroatoms. The summed E-state index contributed by atoms with van der Waals surface area (Å²) in [6.07, 6.45) is 1.13. The molecule has 20 heavy (non-hydrogen) atoms. The molecular weight excluding hydrogens is 342 g/mol. The summed E-state index contributed by atoms with van der Waals surface area (Å²) < 4.78 is 23.3. The predicted molar refractivity (Wildman–Crippen MR) is 81.5 cm³/mol. The number of hydrogen-bond acceptors (Lipinski definition) is 4. The summed E-state index contributed by atoms with van der Waals surface area (Å²) in [6.45, 7) is 0. The van der Waals surface area contributed by atoms with E-state index in [1.165, 1.54) is 24.3 Å². The van der Waals surface area contributed by atoms with E-state index in [9.17, 15) is 13.2 Å². The Bertz CT molecular complexity index is 768. The van der Waals surface area contributed by atoms with Crippen LogP contribution in [-0.4, -0.2) is 20.5 Å². The molecule has 2 aromatic rings. The van der Waals surface area contributed by atoms with E-state index in [0.29, 0.717) is 21.3 Å². The fourth-order valence-electron chi connectivity index (χ4n) is 1.72. The third-order valence-electron chi connectivity index (χ3n) is 2.78. The summed E-state index contributed by atoms with van der Waals surface area (Å²) in [5, 5.41) is 0. The Morgan fingerprint density at radius 2 is 1.70 bits per heavy atom. The quantitative estimate of drug-likeness (QED) is 0.679. The Morgan fingerprint density at radius 3 is 2.20 bits per heavy atom. The fourth-order valence-corrected chi connectivity index (χ4v) is 2.93. The molecule has 0 saturated heterocycles. The number of hydrogen-bond donors (Lipinski definition) is 1. The molecule has 0 aliphatic heterocycles. The lowest BCUT2D eigenvalue weighted by Gasteiger charge is -2.06. The number of rotatable bonds is 3. The summed E-state index contributed by atoms with van der Waals surface area (Å²) in [4.78, 5) is 12.5. The van der Waals surface area contributed by atoms with Crippen LogP contribution in [0.25, 0.3) is 0 Å². The van der Waals surface area contributed by atoms with Gasteiger partial charge in [0.15, 0.2) is 15.6 Å². The number of halogens is 1. The van der Waals surface area contributed by atoms with Gasteiger partial charge in [0.1, 0.15) is 0 Å². The molecule has 0 heterocycles. The van der Waals surface area contributed by atoms with Crippen molar-refractivity contribution < 1.29 is 13.2 Å². The fraction of sp³-hybridized carbons (Fsp3) is 0.0714. The van der Waals surface area contributed by atoms with Gasteiger partial charge >= 0.3 is 0 Å². The van der Waals surface area contributed by atoms with Crippen LogP contribution in [0, 0.1) is 0 Å². The Hall–Kier alpha value is -1.66. The number of carbonyl (C=O) groups excluding carboxylic acids is 1. The molecule has 0 amide bonds. The predicted octanol–water partition coefficient (Wildman–Crippen LogP) is 2.67. The second-order valence-electron chi connectivity index (χ2n) is 4.36. The lowest BCUT2D eigenvalue weighted by atomic mass is 10.0. The second-order valence-corrected chi connectivity index (χ2v) is 7.24. The first kappa shape index (κ1) is 14.7. The molecule has 0 atom stereocenters. The van der Waals surface area contributed by atoms with Crippen LogP contribution in [0.3, 0.4) is 0 Å². The van der Waals surface area contributed by atoms with Crippen molar-refractivity contribution in [2.45, 2.75) is 4.90 Å². The maximum atomic E-state index is 12.3. The van der Waals surface area contributed by atoms with Crippen molar-refractivity contribution >= 4 is 37.2 Å². The normalized spacial score (nSPS) is 11.3. The van der Waals surface area contributed by atoms with Gasteiger partial charge in [0.25, 0.3) is 0 Å². The zero-order chi connectivity index (χ0) is 14.9. The third kappa shape index (κ3) is 3.08. The minimum Gasteiger partial charge on any atom is -0.399 e. The molecule has 4 nitrogen and oxygen atoms in total. The third-order valence-corrected chi connectivity index (χ3v) is 4.57. The van der Waals surface area contributed by atoms with Crippen LogP contribution in [0.4, 0.5) is 5.69 Å². The van der Waals surface area contributed by atoms with Gasteiger partial charge in [0, 0.05) is 27.5 Å². The molecule has 0 unspecified atom stereocenters. The van der Waals surface area contributed by atoms with Crippen molar-refractivity contribution in [3.05, 3.63) is 58.1 Å². The van der Waals surface area contributed by atoms with Crippen molar-refractivity contribution in [3.63, 3.8) is 0 Å². The lowest BCUT2D eigenvalue weighted by Crippen LogP contribution is -2.04. The smallest absolute Gasteiger partial charge is 0.194 e. The van der Waals surface area contributed by atoms with E-state index >= 15 is 0 Å². The van der Waals surface area contributed by atoms with Gasteiger partial charge in [-0.05, 0) is 58.4 Å². The number of anilines is 1. The monoisotopic (exact) mass is 353 g/mol. The number of benzene rings is 2. The highest BCUT2D eigenvalue weighted by molar-refractivity contribution is 9.10. The van der Waals surface area contributed by atoms with Gasteiger partial charge in [0.2, 0.25) is 0 Å². The maximum Gasteiger partial charge on any atom is 0.194 e. The highest BCUT2D eigenvalue weighted by atomic mass is 79.9. The average Bonchev–Trinajstić information content (AvgIpc) is 2.37. The minimum atomic E-state index is -3.26. The molecule has 2 N–H and O–H groups in total. The van der Waals surface area contributed by atoms with E-state index < -0.39 is 9.84 Å². The van der Waals surface area contributed by atoms with Crippen LogP contribution in [0.5, 0.6) is 0 Å². The molecule has 0 bridgehead atoms. The second kappa shape index (κ2) is 5.38. The van der Waals surface area contributed by atoms with Crippen LogP contribution in [-0.2, 0) is 9.84 Å². The maximum absolute atomic E-state index is 12.3. The Kier molecular flexibility index (Phi) is 3.96. The number of nitrogens with two attached hydrogens (primary N) is 1. The number of sulfone groups is 1. The van der Waals surface area contributed by atoms with Gasteiger partial charge in [0.05, 0.1) is 4.90 Å². The number of carbonyl (C=O) groups is 1. The van der Waals surface area contributed by atoms with Crippen molar-refractivity contribution in [1.29, 1.82) is 0 Å². The SMILES string of the molecule is CS(=O)(=O)c1ccc(C(=O)c2ccc(N)cc2Br)cc1. The van der Waals surface area contributed by atoms with Crippen molar-refractivity contribution in [3.8, 4) is 0 Å². The molecule has 104 valence electrons. The highest BCUT2D eigenvalue weighted by Gasteiger charge is 2.14. The van der Waals surface area contributed by atoms with Crippen LogP contribution in [0.15, 0.2) is 51.8 Å². The molecule has 0 spiro atoms. The van der Waals surface area contributed by atoms with E-state index in [0.717, 1.165) is 6.26 Å². The first-order valence-corrected chi connectivity index (χ1v) is 8.37. The van der Waals surface area contributed by atoms with Crippen molar-refractivity contribution in [1.82, 2.24) is 0 Å². The van der Waals surface area contributed by atoms with Gasteiger partial charge in [-0.15, -0.1) is 0 Å². The zero-order valence-electron chi connectivity index (χ0n) is 10.6. The Labute approximate surface area is 125 Å². The minimum absolute atomic E-state index is 0.186. The van der Waals surface area contributed by atoms with Gasteiger partial charge in [-0.25, -0.2) is 8.42 Å². The van der Waals surface area contributed by atoms with Crippen molar-refractivity contribution in [2.24, 2.45) is 0 Å². The van der Waals surface area contributed by atoms with Gasteiger partial charge in [-0.1, -0.05) is 0 Å². The number of ketones is 1.